The molecule has 0 N–H and O–H groups in total. The molecule has 1 aromatic carbocycles. The fourth-order valence-corrected chi connectivity index (χ4v) is 2.59. The number of benzene rings is 1. The maximum atomic E-state index is 12.4. The van der Waals surface area contributed by atoms with Crippen molar-refractivity contribution in [3.63, 3.8) is 0 Å². The number of ketones is 1. The first-order valence-electron chi connectivity index (χ1n) is 6.02. The molecule has 0 aliphatic heterocycles. The van der Waals surface area contributed by atoms with Crippen LogP contribution in [0.4, 0.5) is 0 Å². The van der Waals surface area contributed by atoms with E-state index < -0.39 is 0 Å². The van der Waals surface area contributed by atoms with Gasteiger partial charge in [0, 0.05) is 10.9 Å². The third kappa shape index (κ3) is 2.47. The normalized spacial score (nSPS) is 16.2. The second-order valence-electron chi connectivity index (χ2n) is 4.65. The molecule has 3 heteroatoms. The predicted molar refractivity (Wildman–Crippen MR) is 69.0 cm³/mol. The van der Waals surface area contributed by atoms with E-state index in [2.05, 4.69) is 0 Å². The molecule has 0 unspecified atom stereocenters. The van der Waals surface area contributed by atoms with Gasteiger partial charge in [-0.05, 0) is 37.5 Å². The van der Waals surface area contributed by atoms with E-state index in [-0.39, 0.29) is 11.7 Å². The number of carbonyl (C=O) groups excluding carboxylic acids is 1. The average Bonchev–Trinajstić information content (AvgIpc) is 2.84. The number of hydrogen-bond donors (Lipinski definition) is 0. The first-order valence-corrected chi connectivity index (χ1v) is 6.39. The van der Waals surface area contributed by atoms with Gasteiger partial charge in [0.15, 0.2) is 5.78 Å². The summed E-state index contributed by atoms with van der Waals surface area (Å²) in [7, 11) is 1.59. The minimum absolute atomic E-state index is 0.155. The lowest BCUT2D eigenvalue weighted by Crippen LogP contribution is -2.12. The van der Waals surface area contributed by atoms with Gasteiger partial charge >= 0.3 is 0 Å². The first kappa shape index (κ1) is 12.4. The molecule has 1 fully saturated rings. The maximum Gasteiger partial charge on any atom is 0.169 e. The number of halogens is 1. The summed E-state index contributed by atoms with van der Waals surface area (Å²) in [5, 5.41) is 0.632. The Hall–Kier alpha value is -1.02. The van der Waals surface area contributed by atoms with Crippen molar-refractivity contribution in [3.8, 4) is 5.75 Å². The molecule has 17 heavy (non-hydrogen) atoms. The summed E-state index contributed by atoms with van der Waals surface area (Å²) in [5.41, 5.74) is 1.57. The van der Waals surface area contributed by atoms with Crippen molar-refractivity contribution in [2.24, 2.45) is 5.92 Å². The fourth-order valence-electron chi connectivity index (χ4n) is 2.42. The summed E-state index contributed by atoms with van der Waals surface area (Å²) in [6.07, 6.45) is 4.29. The monoisotopic (exact) mass is 252 g/mol. The van der Waals surface area contributed by atoms with Crippen LogP contribution >= 0.6 is 11.6 Å². The Morgan fingerprint density at radius 1 is 1.35 bits per heavy atom. The smallest absolute Gasteiger partial charge is 0.169 e. The van der Waals surface area contributed by atoms with Crippen LogP contribution in [-0.2, 0) is 0 Å². The summed E-state index contributed by atoms with van der Waals surface area (Å²) >= 11 is 6.09. The summed E-state index contributed by atoms with van der Waals surface area (Å²) in [5.74, 6) is 0.979. The molecular weight excluding hydrogens is 236 g/mol. The number of Topliss-reactive ketones (excluding diaryl/α,β-unsaturated/α-hetero) is 1. The van der Waals surface area contributed by atoms with Crippen molar-refractivity contribution >= 4 is 17.4 Å². The zero-order valence-corrected chi connectivity index (χ0v) is 11.0. The Morgan fingerprint density at radius 3 is 2.59 bits per heavy atom. The number of rotatable bonds is 3. The number of ether oxygens (including phenoxy) is 1. The number of methoxy groups -OCH3 is 1. The van der Waals surface area contributed by atoms with Crippen LogP contribution in [0.1, 0.15) is 41.6 Å². The molecule has 0 heterocycles. The molecule has 1 aromatic rings. The van der Waals surface area contributed by atoms with E-state index in [0.29, 0.717) is 16.3 Å². The highest BCUT2D eigenvalue weighted by Gasteiger charge is 2.26. The molecule has 1 saturated carbocycles. The molecular formula is C14H17ClO2. The van der Waals surface area contributed by atoms with Crippen LogP contribution in [0.5, 0.6) is 5.75 Å². The van der Waals surface area contributed by atoms with Crippen LogP contribution in [0.25, 0.3) is 0 Å². The highest BCUT2D eigenvalue weighted by atomic mass is 35.5. The standard InChI is InChI=1S/C14H17ClO2/c1-9-7-13(17-2)11(8-12(9)15)14(16)10-5-3-4-6-10/h7-8,10H,3-6H2,1-2H3. The molecule has 2 nitrogen and oxygen atoms in total. The molecule has 1 aliphatic rings. The van der Waals surface area contributed by atoms with Crippen LogP contribution in [0.15, 0.2) is 12.1 Å². The van der Waals surface area contributed by atoms with Gasteiger partial charge in [0.2, 0.25) is 0 Å². The lowest BCUT2D eigenvalue weighted by atomic mass is 9.95. The Balaban J connectivity index is 2.36. The molecule has 0 radical (unpaired) electrons. The number of aryl methyl sites for hydroxylation is 1. The van der Waals surface area contributed by atoms with E-state index in [1.165, 1.54) is 0 Å². The van der Waals surface area contributed by atoms with Crippen LogP contribution in [0.2, 0.25) is 5.02 Å². The van der Waals surface area contributed by atoms with Gasteiger partial charge < -0.3 is 4.74 Å². The van der Waals surface area contributed by atoms with Gasteiger partial charge in [-0.3, -0.25) is 4.79 Å². The Bertz CT molecular complexity index is 434. The highest BCUT2D eigenvalue weighted by molar-refractivity contribution is 6.31. The van der Waals surface area contributed by atoms with E-state index >= 15 is 0 Å². The van der Waals surface area contributed by atoms with E-state index in [0.717, 1.165) is 31.2 Å². The molecule has 0 saturated heterocycles. The minimum Gasteiger partial charge on any atom is -0.496 e. The average molecular weight is 253 g/mol. The third-order valence-electron chi connectivity index (χ3n) is 3.47. The zero-order valence-electron chi connectivity index (χ0n) is 10.3. The second-order valence-corrected chi connectivity index (χ2v) is 5.05. The molecule has 0 bridgehead atoms. The number of carbonyl (C=O) groups is 1. The van der Waals surface area contributed by atoms with Crippen molar-refractivity contribution in [3.05, 3.63) is 28.3 Å². The second kappa shape index (κ2) is 5.09. The summed E-state index contributed by atoms with van der Waals surface area (Å²) in [4.78, 5) is 12.4. The van der Waals surface area contributed by atoms with Crippen molar-refractivity contribution in [2.45, 2.75) is 32.6 Å². The SMILES string of the molecule is COc1cc(C)c(Cl)cc1C(=O)C1CCCC1. The quantitative estimate of drug-likeness (QED) is 0.760. The topological polar surface area (TPSA) is 26.3 Å². The van der Waals surface area contributed by atoms with Gasteiger partial charge in [0.05, 0.1) is 12.7 Å². The Morgan fingerprint density at radius 2 is 2.00 bits per heavy atom. The van der Waals surface area contributed by atoms with Crippen molar-refractivity contribution in [1.82, 2.24) is 0 Å². The molecule has 2 rings (SSSR count). The largest absolute Gasteiger partial charge is 0.496 e. The highest BCUT2D eigenvalue weighted by Crippen LogP contribution is 2.33. The van der Waals surface area contributed by atoms with E-state index in [9.17, 15) is 4.79 Å². The molecule has 0 aromatic heterocycles. The van der Waals surface area contributed by atoms with Gasteiger partial charge in [-0.1, -0.05) is 24.4 Å². The lowest BCUT2D eigenvalue weighted by molar-refractivity contribution is 0.0920. The minimum atomic E-state index is 0.155. The van der Waals surface area contributed by atoms with Gasteiger partial charge in [-0.15, -0.1) is 0 Å². The molecule has 1 aliphatic carbocycles. The Kier molecular flexibility index (Phi) is 3.72. The van der Waals surface area contributed by atoms with Crippen molar-refractivity contribution < 1.29 is 9.53 Å². The maximum absolute atomic E-state index is 12.4. The summed E-state index contributed by atoms with van der Waals surface area (Å²) in [6.45, 7) is 1.91. The molecule has 0 atom stereocenters. The molecule has 0 amide bonds. The van der Waals surface area contributed by atoms with Crippen molar-refractivity contribution in [2.75, 3.05) is 7.11 Å². The van der Waals surface area contributed by atoms with Crippen LogP contribution in [0.3, 0.4) is 0 Å². The first-order chi connectivity index (χ1) is 8.13. The number of hydrogen-bond acceptors (Lipinski definition) is 2. The van der Waals surface area contributed by atoms with Crippen LogP contribution in [-0.4, -0.2) is 12.9 Å². The third-order valence-corrected chi connectivity index (χ3v) is 3.88. The van der Waals surface area contributed by atoms with E-state index in [1.54, 1.807) is 13.2 Å². The van der Waals surface area contributed by atoms with Gasteiger partial charge in [0.1, 0.15) is 5.75 Å². The fraction of sp³-hybridized carbons (Fsp3) is 0.500. The van der Waals surface area contributed by atoms with Crippen LogP contribution < -0.4 is 4.74 Å². The van der Waals surface area contributed by atoms with Crippen molar-refractivity contribution in [1.29, 1.82) is 0 Å². The van der Waals surface area contributed by atoms with Gasteiger partial charge in [-0.25, -0.2) is 0 Å². The molecule has 0 spiro atoms. The summed E-state index contributed by atoms with van der Waals surface area (Å²) in [6, 6.07) is 3.58. The van der Waals surface area contributed by atoms with Gasteiger partial charge in [-0.2, -0.15) is 0 Å². The van der Waals surface area contributed by atoms with Crippen LogP contribution in [0, 0.1) is 12.8 Å². The predicted octanol–water partition coefficient (Wildman–Crippen LogP) is 4.03. The Labute approximate surface area is 107 Å². The zero-order chi connectivity index (χ0) is 12.4. The lowest BCUT2D eigenvalue weighted by Gasteiger charge is -2.13. The van der Waals surface area contributed by atoms with E-state index in [4.69, 9.17) is 16.3 Å². The molecule has 92 valence electrons. The van der Waals surface area contributed by atoms with Gasteiger partial charge in [0.25, 0.3) is 0 Å². The summed E-state index contributed by atoms with van der Waals surface area (Å²) < 4.78 is 5.28. The van der Waals surface area contributed by atoms with E-state index in [1.807, 2.05) is 13.0 Å².